The van der Waals surface area contributed by atoms with Crippen LogP contribution < -0.4 is 10.1 Å². The molecule has 194 valence electrons. The Hall–Kier alpha value is -2.55. The molecule has 9 heteroatoms. The lowest BCUT2D eigenvalue weighted by atomic mass is 9.75. The summed E-state index contributed by atoms with van der Waals surface area (Å²) in [5, 5.41) is 2.33. The minimum atomic E-state index is -2.47. The maximum atomic E-state index is 13.5. The predicted molar refractivity (Wildman–Crippen MR) is 127 cm³/mol. The molecule has 1 N–H and O–H groups in total. The highest BCUT2D eigenvalue weighted by atomic mass is 19.3. The maximum absolute atomic E-state index is 13.5. The molecule has 0 aromatic heterocycles. The fourth-order valence-corrected chi connectivity index (χ4v) is 6.91. The van der Waals surface area contributed by atoms with Gasteiger partial charge in [0.05, 0.1) is 0 Å². The van der Waals surface area contributed by atoms with Gasteiger partial charge in [0.1, 0.15) is 17.9 Å². The first kappa shape index (κ1) is 23.8. The number of amides is 3. The van der Waals surface area contributed by atoms with Gasteiger partial charge in [0.15, 0.2) is 0 Å². The number of imide groups is 1. The van der Waals surface area contributed by atoms with Crippen molar-refractivity contribution in [3.8, 4) is 5.75 Å². The molecule has 4 fully saturated rings. The van der Waals surface area contributed by atoms with E-state index in [4.69, 9.17) is 4.74 Å². The van der Waals surface area contributed by atoms with Crippen LogP contribution in [0.2, 0.25) is 0 Å². The SMILES string of the molecule is O=C1CCC(N2Cc3cc(O[C@@H]4CCC[C@@H]4N4CC(C5CCC(F)(F)CC5)C4)ccc3C2=O)C(=O)N1. The number of hydrogen-bond acceptors (Lipinski definition) is 5. The van der Waals surface area contributed by atoms with E-state index in [1.807, 2.05) is 12.1 Å². The standard InChI is InChI=1S/C27H33F2N3O4/c28-27(29)10-8-16(9-11-27)18-13-31(14-18)21-2-1-3-23(21)36-19-4-5-20-17(12-19)15-32(26(20)35)22-6-7-24(33)30-25(22)34/h4-5,12,16,18,21-23H,1-3,6-11,13-15H2,(H,30,33,34)/t21-,22?,23+/m0/s1. The van der Waals surface area contributed by atoms with Crippen LogP contribution in [0, 0.1) is 11.8 Å². The van der Waals surface area contributed by atoms with Gasteiger partial charge in [0.25, 0.3) is 5.91 Å². The molecule has 1 aromatic carbocycles. The van der Waals surface area contributed by atoms with Crippen LogP contribution >= 0.6 is 0 Å². The van der Waals surface area contributed by atoms with E-state index in [-0.39, 0.29) is 37.2 Å². The zero-order valence-corrected chi connectivity index (χ0v) is 20.4. The third kappa shape index (κ3) is 4.40. The van der Waals surface area contributed by atoms with E-state index in [1.54, 1.807) is 11.0 Å². The zero-order chi connectivity index (χ0) is 25.0. The fraction of sp³-hybridized carbons (Fsp3) is 0.667. The summed E-state index contributed by atoms with van der Waals surface area (Å²) in [4.78, 5) is 40.7. The number of nitrogens with zero attached hydrogens (tertiary/aromatic N) is 2. The smallest absolute Gasteiger partial charge is 0.255 e. The molecule has 3 amide bonds. The van der Waals surface area contributed by atoms with Crippen LogP contribution in [0.4, 0.5) is 8.78 Å². The van der Waals surface area contributed by atoms with E-state index in [0.717, 1.165) is 43.7 Å². The number of hydrogen-bond donors (Lipinski definition) is 1. The van der Waals surface area contributed by atoms with Crippen LogP contribution in [0.3, 0.4) is 0 Å². The quantitative estimate of drug-likeness (QED) is 0.625. The minimum absolute atomic E-state index is 0.0329. The number of piperidine rings is 1. The van der Waals surface area contributed by atoms with Gasteiger partial charge in [-0.1, -0.05) is 0 Å². The van der Waals surface area contributed by atoms with Gasteiger partial charge >= 0.3 is 0 Å². The third-order valence-corrected chi connectivity index (χ3v) is 9.04. The monoisotopic (exact) mass is 501 g/mol. The number of ether oxygens (including phenoxy) is 1. The van der Waals surface area contributed by atoms with E-state index in [0.29, 0.717) is 49.2 Å². The lowest BCUT2D eigenvalue weighted by Crippen LogP contribution is -2.57. The Morgan fingerprint density at radius 2 is 1.75 bits per heavy atom. The molecule has 3 aliphatic heterocycles. The van der Waals surface area contributed by atoms with Crippen molar-refractivity contribution in [3.05, 3.63) is 29.3 Å². The lowest BCUT2D eigenvalue weighted by molar-refractivity contribution is -0.136. The molecule has 6 rings (SSSR count). The molecule has 1 unspecified atom stereocenters. The predicted octanol–water partition coefficient (Wildman–Crippen LogP) is 3.50. The largest absolute Gasteiger partial charge is 0.489 e. The van der Waals surface area contributed by atoms with Crippen LogP contribution in [-0.2, 0) is 16.1 Å². The van der Waals surface area contributed by atoms with Gasteiger partial charge in [-0.15, -0.1) is 0 Å². The molecular formula is C27H33F2N3O4. The molecule has 0 bridgehead atoms. The molecule has 7 nitrogen and oxygen atoms in total. The Bertz CT molecular complexity index is 1060. The van der Waals surface area contributed by atoms with Crippen LogP contribution in [0.1, 0.15) is 73.7 Å². The van der Waals surface area contributed by atoms with Gasteiger partial charge in [-0.3, -0.25) is 24.6 Å². The van der Waals surface area contributed by atoms with Crippen LogP contribution in [0.25, 0.3) is 0 Å². The van der Waals surface area contributed by atoms with E-state index in [9.17, 15) is 23.2 Å². The highest BCUT2D eigenvalue weighted by Gasteiger charge is 2.45. The molecule has 3 heterocycles. The summed E-state index contributed by atoms with van der Waals surface area (Å²) >= 11 is 0. The zero-order valence-electron chi connectivity index (χ0n) is 20.4. The van der Waals surface area contributed by atoms with Crippen LogP contribution in [0.15, 0.2) is 18.2 Å². The molecule has 2 saturated heterocycles. The number of nitrogens with one attached hydrogen (secondary N) is 1. The van der Waals surface area contributed by atoms with Crippen molar-refractivity contribution in [2.75, 3.05) is 13.1 Å². The second kappa shape index (κ2) is 9.08. The Labute approximate surface area is 209 Å². The minimum Gasteiger partial charge on any atom is -0.489 e. The third-order valence-electron chi connectivity index (χ3n) is 9.04. The van der Waals surface area contributed by atoms with E-state index in [2.05, 4.69) is 10.2 Å². The van der Waals surface area contributed by atoms with Crippen molar-refractivity contribution in [3.63, 3.8) is 0 Å². The summed E-state index contributed by atoms with van der Waals surface area (Å²) in [6.07, 6.45) is 5.14. The first-order valence-electron chi connectivity index (χ1n) is 13.3. The van der Waals surface area contributed by atoms with Crippen molar-refractivity contribution < 1.29 is 27.9 Å². The van der Waals surface area contributed by atoms with Gasteiger partial charge in [-0.05, 0) is 74.1 Å². The summed E-state index contributed by atoms with van der Waals surface area (Å²) < 4.78 is 33.5. The number of rotatable bonds is 5. The van der Waals surface area contributed by atoms with Crippen LogP contribution in [0.5, 0.6) is 5.75 Å². The van der Waals surface area contributed by atoms with Crippen LogP contribution in [-0.4, -0.2) is 64.7 Å². The Morgan fingerprint density at radius 1 is 0.972 bits per heavy atom. The second-order valence-corrected chi connectivity index (χ2v) is 11.3. The first-order chi connectivity index (χ1) is 17.3. The van der Waals surface area contributed by atoms with Crippen molar-refractivity contribution in [2.24, 2.45) is 11.8 Å². The molecule has 5 aliphatic rings. The average Bonchev–Trinajstić information content (AvgIpc) is 3.38. The second-order valence-electron chi connectivity index (χ2n) is 11.3. The van der Waals surface area contributed by atoms with E-state index >= 15 is 0 Å². The van der Waals surface area contributed by atoms with Gasteiger partial charge < -0.3 is 9.64 Å². The number of carbonyl (C=O) groups excluding carboxylic acids is 3. The lowest BCUT2D eigenvalue weighted by Gasteiger charge is -2.49. The van der Waals surface area contributed by atoms with Gasteiger partial charge in [-0.2, -0.15) is 0 Å². The van der Waals surface area contributed by atoms with Crippen molar-refractivity contribution in [1.82, 2.24) is 15.1 Å². The van der Waals surface area contributed by atoms with E-state index < -0.39 is 17.9 Å². The van der Waals surface area contributed by atoms with Crippen molar-refractivity contribution >= 4 is 17.7 Å². The van der Waals surface area contributed by atoms with Gasteiger partial charge in [0, 0.05) is 50.5 Å². The fourth-order valence-electron chi connectivity index (χ4n) is 6.91. The number of benzene rings is 1. The van der Waals surface area contributed by atoms with Gasteiger partial charge in [0.2, 0.25) is 17.7 Å². The molecule has 2 saturated carbocycles. The summed E-state index contributed by atoms with van der Waals surface area (Å²) in [6, 6.07) is 5.24. The van der Waals surface area contributed by atoms with E-state index in [1.165, 1.54) is 0 Å². The number of likely N-dealkylation sites (tertiary alicyclic amines) is 1. The summed E-state index contributed by atoms with van der Waals surface area (Å²) in [5.41, 5.74) is 1.42. The molecule has 0 spiro atoms. The summed E-state index contributed by atoms with van der Waals surface area (Å²) in [6.45, 7) is 2.28. The van der Waals surface area contributed by atoms with Crippen molar-refractivity contribution in [1.29, 1.82) is 0 Å². The molecule has 36 heavy (non-hydrogen) atoms. The molecule has 2 aliphatic carbocycles. The molecular weight excluding hydrogens is 468 g/mol. The number of carbonyl (C=O) groups is 3. The van der Waals surface area contributed by atoms with Gasteiger partial charge in [-0.25, -0.2) is 8.78 Å². The number of halogens is 2. The molecule has 1 aromatic rings. The normalized spacial score (nSPS) is 31.3. The maximum Gasteiger partial charge on any atom is 0.255 e. The Balaban J connectivity index is 1.06. The Kier molecular flexibility index (Phi) is 6.01. The summed E-state index contributed by atoms with van der Waals surface area (Å²) in [7, 11) is 0. The average molecular weight is 502 g/mol. The molecule has 3 atom stereocenters. The summed E-state index contributed by atoms with van der Waals surface area (Å²) in [5.74, 6) is -1.69. The topological polar surface area (TPSA) is 79.0 Å². The Morgan fingerprint density at radius 3 is 2.50 bits per heavy atom. The highest BCUT2D eigenvalue weighted by molar-refractivity contribution is 6.05. The number of fused-ring (bicyclic) bond motifs is 1. The first-order valence-corrected chi connectivity index (χ1v) is 13.3. The molecule has 0 radical (unpaired) electrons. The van der Waals surface area contributed by atoms with Crippen molar-refractivity contribution in [2.45, 2.75) is 88.4 Å². The highest BCUT2D eigenvalue weighted by Crippen LogP contribution is 2.43. The number of alkyl halides is 2.